The van der Waals surface area contributed by atoms with Crippen LogP contribution >= 0.6 is 11.6 Å². The predicted octanol–water partition coefficient (Wildman–Crippen LogP) is 6.03. The van der Waals surface area contributed by atoms with Crippen molar-refractivity contribution < 1.29 is 22.7 Å². The molecule has 0 bridgehead atoms. The van der Waals surface area contributed by atoms with Crippen molar-refractivity contribution >= 4 is 28.6 Å². The first kappa shape index (κ1) is 20.9. The zero-order valence-electron chi connectivity index (χ0n) is 16.1. The number of benzene rings is 2. The van der Waals surface area contributed by atoms with Gasteiger partial charge in [0.1, 0.15) is 12.4 Å². The Balaban J connectivity index is 1.59. The van der Waals surface area contributed by atoms with E-state index in [0.717, 1.165) is 17.7 Å². The fourth-order valence-corrected chi connectivity index (χ4v) is 3.36. The van der Waals surface area contributed by atoms with Crippen LogP contribution in [0.1, 0.15) is 18.1 Å². The first-order valence-corrected chi connectivity index (χ1v) is 9.54. The van der Waals surface area contributed by atoms with Crippen molar-refractivity contribution in [2.45, 2.75) is 19.7 Å². The number of pyridine rings is 1. The number of hydrogen-bond donors (Lipinski definition) is 1. The number of aromatic nitrogens is 3. The molecule has 0 amide bonds. The highest BCUT2D eigenvalue weighted by atomic mass is 35.5. The van der Waals surface area contributed by atoms with Crippen LogP contribution in [0.15, 0.2) is 54.7 Å². The van der Waals surface area contributed by atoms with E-state index >= 15 is 0 Å². The Kier molecular flexibility index (Phi) is 5.41. The van der Waals surface area contributed by atoms with Gasteiger partial charge in [0.25, 0.3) is 0 Å². The van der Waals surface area contributed by atoms with Gasteiger partial charge in [-0.3, -0.25) is 9.78 Å². The van der Waals surface area contributed by atoms with Gasteiger partial charge >= 0.3 is 12.1 Å². The molecule has 31 heavy (non-hydrogen) atoms. The summed E-state index contributed by atoms with van der Waals surface area (Å²) in [4.78, 5) is 22.6. The van der Waals surface area contributed by atoms with E-state index in [0.29, 0.717) is 38.7 Å². The molecule has 0 saturated heterocycles. The molecule has 0 saturated carbocycles. The van der Waals surface area contributed by atoms with E-state index in [9.17, 15) is 18.0 Å². The maximum Gasteiger partial charge on any atom is 0.416 e. The normalized spacial score (nSPS) is 11.6. The number of nitrogens with one attached hydrogen (secondary N) is 1. The maximum atomic E-state index is 12.9. The average molecular weight is 446 g/mol. The van der Waals surface area contributed by atoms with Gasteiger partial charge in [-0.15, -0.1) is 0 Å². The van der Waals surface area contributed by atoms with E-state index < -0.39 is 17.7 Å². The van der Waals surface area contributed by atoms with Crippen molar-refractivity contribution in [1.29, 1.82) is 0 Å². The number of aromatic amines is 1. The van der Waals surface area contributed by atoms with E-state index in [-0.39, 0.29) is 6.61 Å². The van der Waals surface area contributed by atoms with Crippen molar-refractivity contribution in [2.75, 3.05) is 0 Å². The number of imidazole rings is 1. The second kappa shape index (κ2) is 8.03. The van der Waals surface area contributed by atoms with Gasteiger partial charge in [0.15, 0.2) is 0 Å². The minimum absolute atomic E-state index is 0.0867. The van der Waals surface area contributed by atoms with Crippen molar-refractivity contribution in [1.82, 2.24) is 15.0 Å². The van der Waals surface area contributed by atoms with Crippen LogP contribution in [0, 0.1) is 0 Å². The molecular weight excluding hydrogens is 431 g/mol. The van der Waals surface area contributed by atoms with Gasteiger partial charge in [-0.25, -0.2) is 4.98 Å². The van der Waals surface area contributed by atoms with Gasteiger partial charge in [0.2, 0.25) is 0 Å². The first-order valence-electron chi connectivity index (χ1n) is 9.16. The number of carbonyl (C=O) groups is 1. The third-order valence-corrected chi connectivity index (χ3v) is 4.87. The molecule has 0 fully saturated rings. The number of H-pyrrole nitrogens is 1. The molecule has 0 aliphatic heterocycles. The van der Waals surface area contributed by atoms with Crippen molar-refractivity contribution in [2.24, 2.45) is 0 Å². The highest BCUT2D eigenvalue weighted by Crippen LogP contribution is 2.32. The Labute approximate surface area is 179 Å². The molecule has 2 aromatic carbocycles. The third-order valence-electron chi connectivity index (χ3n) is 4.58. The first-order chi connectivity index (χ1) is 14.7. The van der Waals surface area contributed by atoms with Gasteiger partial charge in [0.05, 0.1) is 27.3 Å². The molecule has 4 rings (SSSR count). The third kappa shape index (κ3) is 4.54. The van der Waals surface area contributed by atoms with E-state index in [1.807, 2.05) is 0 Å². The monoisotopic (exact) mass is 445 g/mol. The average Bonchev–Trinajstić information content (AvgIpc) is 3.15. The highest BCUT2D eigenvalue weighted by Gasteiger charge is 2.30. The van der Waals surface area contributed by atoms with Gasteiger partial charge < -0.3 is 9.72 Å². The SMILES string of the molecule is CC(=O)OCc1cnc(-c2ccc(-c3nc4ccc(C(F)(F)F)cc4[nH]3)cc2)c(Cl)c1. The van der Waals surface area contributed by atoms with Crippen LogP contribution in [0.2, 0.25) is 5.02 Å². The lowest BCUT2D eigenvalue weighted by Crippen LogP contribution is -2.04. The number of rotatable bonds is 4. The summed E-state index contributed by atoms with van der Waals surface area (Å²) in [5, 5.41) is 0.404. The Morgan fingerprint density at radius 2 is 1.81 bits per heavy atom. The van der Waals surface area contributed by atoms with Crippen LogP contribution in [0.25, 0.3) is 33.7 Å². The Hall–Kier alpha value is -3.39. The summed E-state index contributed by atoms with van der Waals surface area (Å²) in [5.41, 5.74) is 2.70. The number of fused-ring (bicyclic) bond motifs is 1. The molecule has 2 aromatic heterocycles. The standard InChI is InChI=1S/C22H15ClF3N3O2/c1-12(30)31-11-13-8-17(23)20(27-10-13)14-2-4-15(5-3-14)21-28-18-7-6-16(22(24,25)26)9-19(18)29-21/h2-10H,11H2,1H3,(H,28,29). The van der Waals surface area contributed by atoms with Crippen LogP contribution in [0.4, 0.5) is 13.2 Å². The minimum Gasteiger partial charge on any atom is -0.461 e. The highest BCUT2D eigenvalue weighted by molar-refractivity contribution is 6.33. The number of hydrogen-bond acceptors (Lipinski definition) is 4. The zero-order chi connectivity index (χ0) is 22.2. The van der Waals surface area contributed by atoms with Crippen LogP contribution in [-0.4, -0.2) is 20.9 Å². The van der Waals surface area contributed by atoms with Gasteiger partial charge in [-0.2, -0.15) is 13.2 Å². The fraction of sp³-hybridized carbons (Fsp3) is 0.136. The largest absolute Gasteiger partial charge is 0.461 e. The van der Waals surface area contributed by atoms with Gasteiger partial charge in [-0.1, -0.05) is 35.9 Å². The lowest BCUT2D eigenvalue weighted by Gasteiger charge is -2.07. The molecule has 4 aromatic rings. The summed E-state index contributed by atoms with van der Waals surface area (Å²) in [5.74, 6) is 0.0627. The molecule has 5 nitrogen and oxygen atoms in total. The van der Waals surface area contributed by atoms with Crippen LogP contribution in [0.3, 0.4) is 0 Å². The summed E-state index contributed by atoms with van der Waals surface area (Å²) in [6, 6.07) is 12.2. The Morgan fingerprint density at radius 1 is 1.10 bits per heavy atom. The van der Waals surface area contributed by atoms with E-state index in [2.05, 4.69) is 15.0 Å². The number of nitrogens with zero attached hydrogens (tertiary/aromatic N) is 2. The Bertz CT molecular complexity index is 1270. The summed E-state index contributed by atoms with van der Waals surface area (Å²) in [6.45, 7) is 1.41. The zero-order valence-corrected chi connectivity index (χ0v) is 16.9. The Morgan fingerprint density at radius 3 is 2.45 bits per heavy atom. The summed E-state index contributed by atoms with van der Waals surface area (Å²) in [6.07, 6.45) is -2.84. The molecule has 1 N–H and O–H groups in total. The van der Waals surface area contributed by atoms with E-state index in [4.69, 9.17) is 16.3 Å². The predicted molar refractivity (Wildman–Crippen MR) is 110 cm³/mol. The number of alkyl halides is 3. The van der Waals surface area contributed by atoms with Crippen LogP contribution in [-0.2, 0) is 22.3 Å². The molecule has 158 valence electrons. The molecule has 0 radical (unpaired) electrons. The quantitative estimate of drug-likeness (QED) is 0.389. The number of esters is 1. The lowest BCUT2D eigenvalue weighted by molar-refractivity contribution is -0.142. The molecule has 0 unspecified atom stereocenters. The molecular formula is C22H15ClF3N3O2. The minimum atomic E-state index is -4.42. The van der Waals surface area contributed by atoms with Crippen LogP contribution in [0.5, 0.6) is 0 Å². The summed E-state index contributed by atoms with van der Waals surface area (Å²) >= 11 is 6.33. The van der Waals surface area contributed by atoms with E-state index in [1.165, 1.54) is 13.0 Å². The number of carbonyl (C=O) groups excluding carboxylic acids is 1. The molecule has 0 atom stereocenters. The van der Waals surface area contributed by atoms with Gasteiger partial charge in [0, 0.05) is 29.8 Å². The van der Waals surface area contributed by atoms with Crippen molar-refractivity contribution in [3.05, 3.63) is 70.9 Å². The second-order valence-electron chi connectivity index (χ2n) is 6.85. The fourth-order valence-electron chi connectivity index (χ4n) is 3.06. The number of halogens is 4. The van der Waals surface area contributed by atoms with Crippen LogP contribution < -0.4 is 0 Å². The van der Waals surface area contributed by atoms with Crippen molar-refractivity contribution in [3.63, 3.8) is 0 Å². The van der Waals surface area contributed by atoms with Crippen molar-refractivity contribution in [3.8, 4) is 22.6 Å². The van der Waals surface area contributed by atoms with E-state index in [1.54, 1.807) is 36.5 Å². The molecule has 0 aliphatic carbocycles. The lowest BCUT2D eigenvalue weighted by atomic mass is 10.1. The number of ether oxygens (including phenoxy) is 1. The second-order valence-corrected chi connectivity index (χ2v) is 7.25. The summed E-state index contributed by atoms with van der Waals surface area (Å²) in [7, 11) is 0. The molecule has 0 aliphatic rings. The topological polar surface area (TPSA) is 67.9 Å². The van der Waals surface area contributed by atoms with Gasteiger partial charge in [-0.05, 0) is 24.3 Å². The summed E-state index contributed by atoms with van der Waals surface area (Å²) < 4.78 is 43.7. The molecule has 2 heterocycles. The maximum absolute atomic E-state index is 12.9. The smallest absolute Gasteiger partial charge is 0.416 e. The molecule has 0 spiro atoms. The molecule has 9 heteroatoms.